The second-order valence-electron chi connectivity index (χ2n) is 7.00. The molecule has 4 rings (SSSR count). The molecule has 1 aromatic heterocycles. The molecule has 2 unspecified atom stereocenters. The van der Waals surface area contributed by atoms with Gasteiger partial charge >= 0.3 is 0 Å². The van der Waals surface area contributed by atoms with Gasteiger partial charge < -0.3 is 30.5 Å². The molecule has 1 spiro atoms. The number of nitrogens with one attached hydrogen (secondary N) is 3. The number of para-hydroxylation sites is 1. The van der Waals surface area contributed by atoms with Crippen molar-refractivity contribution in [1.29, 1.82) is 0 Å². The van der Waals surface area contributed by atoms with Gasteiger partial charge in [0, 0.05) is 18.3 Å². The van der Waals surface area contributed by atoms with Gasteiger partial charge in [-0.15, -0.1) is 0 Å². The van der Waals surface area contributed by atoms with Gasteiger partial charge in [-0.25, -0.2) is 4.98 Å². The number of ether oxygens (including phenoxy) is 2. The predicted octanol–water partition coefficient (Wildman–Crippen LogP) is 0.652. The van der Waals surface area contributed by atoms with Crippen molar-refractivity contribution in [3.63, 3.8) is 0 Å². The minimum Gasteiger partial charge on any atom is -0.494 e. The molecule has 2 aromatic rings. The highest BCUT2D eigenvalue weighted by Crippen LogP contribution is 2.43. The molecule has 29 heavy (non-hydrogen) atoms. The summed E-state index contributed by atoms with van der Waals surface area (Å²) < 4.78 is 10.5. The molecular weight excluding hydrogens is 376 g/mol. The minimum atomic E-state index is -0.747. The van der Waals surface area contributed by atoms with Gasteiger partial charge in [-0.05, 0) is 18.1 Å². The van der Waals surface area contributed by atoms with E-state index in [-0.39, 0.29) is 30.9 Å². The molecule has 9 nitrogen and oxygen atoms in total. The van der Waals surface area contributed by atoms with Crippen molar-refractivity contribution in [3.8, 4) is 11.6 Å². The highest BCUT2D eigenvalue weighted by atomic mass is 16.5. The molecule has 0 radical (unpaired) electrons. The van der Waals surface area contributed by atoms with E-state index in [0.29, 0.717) is 24.4 Å². The zero-order valence-corrected chi connectivity index (χ0v) is 15.9. The Hall–Kier alpha value is -3.33. The van der Waals surface area contributed by atoms with E-state index in [1.165, 1.54) is 19.4 Å². The quantitative estimate of drug-likeness (QED) is 0.564. The number of aliphatic hydroxyl groups is 1. The van der Waals surface area contributed by atoms with Crippen LogP contribution in [0.15, 0.2) is 36.5 Å². The number of benzene rings is 1. The van der Waals surface area contributed by atoms with Crippen molar-refractivity contribution in [3.05, 3.63) is 42.1 Å². The summed E-state index contributed by atoms with van der Waals surface area (Å²) in [6.07, 6.45) is 1.78. The van der Waals surface area contributed by atoms with E-state index < -0.39 is 11.5 Å². The fourth-order valence-electron chi connectivity index (χ4n) is 3.86. The van der Waals surface area contributed by atoms with Crippen molar-refractivity contribution in [2.75, 3.05) is 37.5 Å². The summed E-state index contributed by atoms with van der Waals surface area (Å²) in [5.74, 6) is 0.139. The van der Waals surface area contributed by atoms with Crippen LogP contribution in [0.2, 0.25) is 0 Å². The maximum atomic E-state index is 12.8. The molecule has 3 heterocycles. The van der Waals surface area contributed by atoms with Crippen LogP contribution in [0, 0.1) is 0 Å². The molecule has 1 saturated heterocycles. The lowest BCUT2D eigenvalue weighted by molar-refractivity contribution is -0.125. The molecular formula is C20H22N4O5. The van der Waals surface area contributed by atoms with E-state index in [1.54, 1.807) is 0 Å². The van der Waals surface area contributed by atoms with Crippen molar-refractivity contribution in [1.82, 2.24) is 10.3 Å². The maximum absolute atomic E-state index is 12.8. The van der Waals surface area contributed by atoms with Crippen LogP contribution in [0.4, 0.5) is 11.4 Å². The number of aromatic nitrogens is 1. The number of rotatable bonds is 6. The number of anilines is 2. The van der Waals surface area contributed by atoms with Crippen molar-refractivity contribution in [2.24, 2.45) is 0 Å². The Balaban J connectivity index is 1.50. The topological polar surface area (TPSA) is 122 Å². The van der Waals surface area contributed by atoms with Gasteiger partial charge in [0.2, 0.25) is 17.7 Å². The first-order valence-corrected chi connectivity index (χ1v) is 9.30. The molecule has 9 heteroatoms. The van der Waals surface area contributed by atoms with Gasteiger partial charge in [0.05, 0.1) is 25.3 Å². The summed E-state index contributed by atoms with van der Waals surface area (Å²) in [6, 6.07) is 8.51. The third-order valence-electron chi connectivity index (χ3n) is 5.29. The fraction of sp³-hybridized carbons (Fsp3) is 0.350. The Morgan fingerprint density at radius 3 is 3.03 bits per heavy atom. The summed E-state index contributed by atoms with van der Waals surface area (Å²) in [5, 5.41) is 17.7. The second kappa shape index (κ2) is 7.59. The number of carbonyl (C=O) groups is 2. The number of aliphatic hydroxyl groups excluding tert-OH is 1. The summed E-state index contributed by atoms with van der Waals surface area (Å²) in [4.78, 5) is 29.7. The number of fused-ring (bicyclic) bond motifs is 2. The number of hydrogen-bond acceptors (Lipinski definition) is 7. The zero-order valence-electron chi connectivity index (χ0n) is 15.9. The average Bonchev–Trinajstić information content (AvgIpc) is 3.29. The largest absolute Gasteiger partial charge is 0.494 e. The van der Waals surface area contributed by atoms with Gasteiger partial charge in [-0.2, -0.15) is 0 Å². The first kappa shape index (κ1) is 19.0. The van der Waals surface area contributed by atoms with E-state index in [9.17, 15) is 9.59 Å². The molecule has 2 aliphatic rings. The van der Waals surface area contributed by atoms with Crippen LogP contribution in [0.1, 0.15) is 12.0 Å². The van der Waals surface area contributed by atoms with Gasteiger partial charge in [-0.1, -0.05) is 18.2 Å². The van der Waals surface area contributed by atoms with Crippen LogP contribution in [0.3, 0.4) is 0 Å². The molecule has 2 amide bonds. The van der Waals surface area contributed by atoms with Crippen molar-refractivity contribution in [2.45, 2.75) is 17.9 Å². The normalized spacial score (nSPS) is 22.0. The van der Waals surface area contributed by atoms with E-state index in [4.69, 9.17) is 14.6 Å². The van der Waals surface area contributed by atoms with Crippen LogP contribution in [-0.2, 0) is 15.0 Å². The van der Waals surface area contributed by atoms with Crippen LogP contribution in [0.5, 0.6) is 11.6 Å². The second-order valence-corrected chi connectivity index (χ2v) is 7.00. The Bertz CT molecular complexity index is 950. The molecule has 2 aliphatic heterocycles. The summed E-state index contributed by atoms with van der Waals surface area (Å²) in [6.45, 7) is 0.431. The van der Waals surface area contributed by atoms with E-state index in [2.05, 4.69) is 20.9 Å². The third kappa shape index (κ3) is 3.33. The van der Waals surface area contributed by atoms with Gasteiger partial charge in [0.25, 0.3) is 0 Å². The molecule has 152 valence electrons. The third-order valence-corrected chi connectivity index (χ3v) is 5.29. The highest BCUT2D eigenvalue weighted by molar-refractivity contribution is 6.04. The van der Waals surface area contributed by atoms with Crippen LogP contribution >= 0.6 is 0 Å². The monoisotopic (exact) mass is 398 g/mol. The van der Waals surface area contributed by atoms with Gasteiger partial charge in [0.15, 0.2) is 0 Å². The molecule has 1 fully saturated rings. The molecule has 2 atom stereocenters. The number of pyridine rings is 1. The first-order chi connectivity index (χ1) is 14.1. The molecule has 4 N–H and O–H groups in total. The lowest BCUT2D eigenvalue weighted by Crippen LogP contribution is -2.39. The van der Waals surface area contributed by atoms with Crippen LogP contribution in [-0.4, -0.2) is 54.8 Å². The average molecular weight is 398 g/mol. The zero-order chi connectivity index (χ0) is 20.4. The number of amides is 2. The fourth-order valence-corrected chi connectivity index (χ4v) is 3.86. The smallest absolute Gasteiger partial charge is 0.247 e. The predicted molar refractivity (Wildman–Crippen MR) is 105 cm³/mol. The van der Waals surface area contributed by atoms with Crippen molar-refractivity contribution >= 4 is 23.2 Å². The summed E-state index contributed by atoms with van der Waals surface area (Å²) in [5.41, 5.74) is 1.46. The van der Waals surface area contributed by atoms with E-state index in [0.717, 1.165) is 11.3 Å². The lowest BCUT2D eigenvalue weighted by atomic mass is 9.79. The summed E-state index contributed by atoms with van der Waals surface area (Å²) >= 11 is 0. The number of methoxy groups -OCH3 is 1. The lowest BCUT2D eigenvalue weighted by Gasteiger charge is -2.19. The Labute approximate surface area is 167 Å². The SMILES string of the molecule is COc1cc(OCCO)ncc1NC(=O)C1CC2(CNc3ccccc32)C(=O)N1. The highest BCUT2D eigenvalue weighted by Gasteiger charge is 2.53. The molecule has 0 bridgehead atoms. The van der Waals surface area contributed by atoms with Crippen LogP contribution in [0.25, 0.3) is 0 Å². The van der Waals surface area contributed by atoms with Crippen LogP contribution < -0.4 is 25.4 Å². The van der Waals surface area contributed by atoms with Gasteiger partial charge in [0.1, 0.15) is 24.1 Å². The number of nitrogens with zero attached hydrogens (tertiary/aromatic N) is 1. The minimum absolute atomic E-state index is 0.105. The van der Waals surface area contributed by atoms with Crippen molar-refractivity contribution < 1.29 is 24.2 Å². The standard InChI is InChI=1S/C20H22N4O5/c1-28-16-8-17(29-7-6-25)21-10-15(16)23-18(26)14-9-20(19(27)24-14)11-22-13-5-3-2-4-12(13)20/h2-5,8,10,14,22,25H,6-7,9,11H2,1H3,(H,23,26)(H,24,27). The summed E-state index contributed by atoms with van der Waals surface area (Å²) in [7, 11) is 1.47. The molecule has 0 aliphatic carbocycles. The Morgan fingerprint density at radius 2 is 2.24 bits per heavy atom. The van der Waals surface area contributed by atoms with E-state index >= 15 is 0 Å². The first-order valence-electron chi connectivity index (χ1n) is 9.30. The number of hydrogen-bond donors (Lipinski definition) is 4. The van der Waals surface area contributed by atoms with Gasteiger partial charge in [-0.3, -0.25) is 9.59 Å². The molecule has 1 aromatic carbocycles. The van der Waals surface area contributed by atoms with E-state index in [1.807, 2.05) is 24.3 Å². The number of carbonyl (C=O) groups excluding carboxylic acids is 2. The molecule has 0 saturated carbocycles. The Kier molecular flexibility index (Phi) is 4.98. The maximum Gasteiger partial charge on any atom is 0.247 e. The Morgan fingerprint density at radius 1 is 1.41 bits per heavy atom.